The first-order chi connectivity index (χ1) is 8.93. The van der Waals surface area contributed by atoms with E-state index in [2.05, 4.69) is 5.32 Å². The van der Waals surface area contributed by atoms with Crippen LogP contribution < -0.4 is 5.32 Å². The fraction of sp³-hybridized carbons (Fsp3) is 0.538. The van der Waals surface area contributed by atoms with Crippen molar-refractivity contribution in [3.63, 3.8) is 0 Å². The fourth-order valence-corrected chi connectivity index (χ4v) is 3.71. The molecule has 1 aliphatic carbocycles. The molecule has 0 amide bonds. The van der Waals surface area contributed by atoms with Gasteiger partial charge in [-0.05, 0) is 36.1 Å². The molecule has 1 N–H and O–H groups in total. The molecule has 106 valence electrons. The lowest BCUT2D eigenvalue weighted by Crippen LogP contribution is -2.26. The van der Waals surface area contributed by atoms with Crippen LogP contribution in [0.15, 0.2) is 12.1 Å². The lowest BCUT2D eigenvalue weighted by Gasteiger charge is -2.14. The summed E-state index contributed by atoms with van der Waals surface area (Å²) in [5, 5.41) is 4.61. The summed E-state index contributed by atoms with van der Waals surface area (Å²) in [5.41, 5.74) is 2.23. The van der Waals surface area contributed by atoms with E-state index in [0.717, 1.165) is 24.0 Å². The van der Waals surface area contributed by atoms with Crippen molar-refractivity contribution >= 4 is 33.0 Å². The van der Waals surface area contributed by atoms with Crippen LogP contribution in [0.4, 0.5) is 0 Å². The predicted octanol–water partition coefficient (Wildman–Crippen LogP) is 3.01. The molecule has 6 heteroatoms. The van der Waals surface area contributed by atoms with Gasteiger partial charge in [-0.2, -0.15) is 0 Å². The van der Waals surface area contributed by atoms with E-state index >= 15 is 0 Å². The highest BCUT2D eigenvalue weighted by Crippen LogP contribution is 2.37. The maximum absolute atomic E-state index is 11.4. The van der Waals surface area contributed by atoms with E-state index in [4.69, 9.17) is 23.2 Å². The van der Waals surface area contributed by atoms with Crippen LogP contribution in [-0.4, -0.2) is 26.5 Å². The van der Waals surface area contributed by atoms with Crippen LogP contribution in [0.3, 0.4) is 0 Å². The van der Waals surface area contributed by atoms with Crippen molar-refractivity contribution in [2.75, 3.05) is 18.1 Å². The second-order valence-electron chi connectivity index (χ2n) is 4.74. The van der Waals surface area contributed by atoms with Crippen molar-refractivity contribution in [2.24, 2.45) is 0 Å². The second kappa shape index (κ2) is 6.00. The zero-order chi connectivity index (χ0) is 14.0. The van der Waals surface area contributed by atoms with Crippen molar-refractivity contribution < 1.29 is 8.42 Å². The Labute approximate surface area is 124 Å². The van der Waals surface area contributed by atoms with Crippen molar-refractivity contribution in [2.45, 2.75) is 25.8 Å². The van der Waals surface area contributed by atoms with Gasteiger partial charge in [0.25, 0.3) is 0 Å². The first-order valence-corrected chi connectivity index (χ1v) is 8.92. The molecule has 3 nitrogen and oxygen atoms in total. The van der Waals surface area contributed by atoms with Gasteiger partial charge in [-0.3, -0.25) is 0 Å². The Morgan fingerprint density at radius 3 is 2.79 bits per heavy atom. The van der Waals surface area contributed by atoms with Crippen LogP contribution >= 0.6 is 23.2 Å². The first kappa shape index (κ1) is 15.1. The summed E-state index contributed by atoms with van der Waals surface area (Å²) in [6.45, 7) is 2.13. The topological polar surface area (TPSA) is 46.2 Å². The molecule has 1 unspecified atom stereocenters. The Hall–Kier alpha value is -0.290. The Kier molecular flexibility index (Phi) is 4.77. The summed E-state index contributed by atoms with van der Waals surface area (Å²) >= 11 is 12.2. The van der Waals surface area contributed by atoms with Crippen LogP contribution in [-0.2, 0) is 16.3 Å². The molecular weight excluding hydrogens is 305 g/mol. The molecule has 0 saturated heterocycles. The van der Waals surface area contributed by atoms with Gasteiger partial charge in [-0.25, -0.2) is 8.42 Å². The normalized spacial score (nSPS) is 18.6. The van der Waals surface area contributed by atoms with Gasteiger partial charge in [-0.15, -0.1) is 0 Å². The largest absolute Gasteiger partial charge is 0.309 e. The monoisotopic (exact) mass is 321 g/mol. The molecule has 1 aliphatic rings. The van der Waals surface area contributed by atoms with Crippen LogP contribution in [0, 0.1) is 0 Å². The molecule has 1 aromatic carbocycles. The van der Waals surface area contributed by atoms with Gasteiger partial charge >= 0.3 is 0 Å². The Bertz CT molecular complexity index is 572. The molecule has 19 heavy (non-hydrogen) atoms. The van der Waals surface area contributed by atoms with E-state index in [0.29, 0.717) is 16.6 Å². The Morgan fingerprint density at radius 1 is 1.37 bits per heavy atom. The molecule has 1 atom stereocenters. The van der Waals surface area contributed by atoms with Gasteiger partial charge in [0, 0.05) is 28.4 Å². The summed E-state index contributed by atoms with van der Waals surface area (Å²) in [6.07, 6.45) is 1.84. The number of fused-ring (bicyclic) bond motifs is 1. The van der Waals surface area contributed by atoms with Gasteiger partial charge in [0.2, 0.25) is 0 Å². The fourth-order valence-electron chi connectivity index (χ4n) is 2.39. The number of rotatable bonds is 5. The quantitative estimate of drug-likeness (QED) is 0.906. The van der Waals surface area contributed by atoms with Gasteiger partial charge in [0.1, 0.15) is 0 Å². The van der Waals surface area contributed by atoms with Crippen LogP contribution in [0.25, 0.3) is 0 Å². The second-order valence-corrected chi connectivity index (χ2v) is 8.05. The number of nitrogens with one attached hydrogen (secondary N) is 1. The van der Waals surface area contributed by atoms with E-state index in [1.807, 2.05) is 6.07 Å². The summed E-state index contributed by atoms with van der Waals surface area (Å²) in [7, 11) is -2.92. The molecular formula is C13H17Cl2NO2S. The van der Waals surface area contributed by atoms with E-state index in [1.54, 1.807) is 13.0 Å². The van der Waals surface area contributed by atoms with Crippen LogP contribution in [0.1, 0.15) is 30.5 Å². The predicted molar refractivity (Wildman–Crippen MR) is 79.9 cm³/mol. The number of sulfone groups is 1. The molecule has 0 heterocycles. The van der Waals surface area contributed by atoms with E-state index in [9.17, 15) is 8.42 Å². The first-order valence-electron chi connectivity index (χ1n) is 6.34. The third-order valence-electron chi connectivity index (χ3n) is 3.50. The summed E-state index contributed by atoms with van der Waals surface area (Å²) < 4.78 is 22.9. The van der Waals surface area contributed by atoms with Gasteiger partial charge < -0.3 is 5.32 Å². The minimum atomic E-state index is -2.92. The number of hydrogen-bond donors (Lipinski definition) is 1. The lowest BCUT2D eigenvalue weighted by molar-refractivity contribution is 0.541. The maximum atomic E-state index is 11.4. The number of halogens is 2. The minimum absolute atomic E-state index is 0.151. The molecule has 0 bridgehead atoms. The molecule has 0 spiro atoms. The highest BCUT2D eigenvalue weighted by atomic mass is 35.5. The summed E-state index contributed by atoms with van der Waals surface area (Å²) in [6, 6.07) is 3.83. The molecule has 2 rings (SSSR count). The zero-order valence-electron chi connectivity index (χ0n) is 10.7. The van der Waals surface area contributed by atoms with Gasteiger partial charge in [0.05, 0.1) is 5.75 Å². The van der Waals surface area contributed by atoms with Crippen LogP contribution in [0.5, 0.6) is 0 Å². The Balaban J connectivity index is 2.03. The SMILES string of the molecule is CCS(=O)(=O)CCNC1CCc2c(Cl)cc(Cl)cc21. The lowest BCUT2D eigenvalue weighted by atomic mass is 10.1. The average molecular weight is 322 g/mol. The molecule has 0 saturated carbocycles. The van der Waals surface area contributed by atoms with E-state index < -0.39 is 9.84 Å². The summed E-state index contributed by atoms with van der Waals surface area (Å²) in [5.74, 6) is 0.358. The van der Waals surface area contributed by atoms with Crippen molar-refractivity contribution in [1.82, 2.24) is 5.32 Å². The number of hydrogen-bond acceptors (Lipinski definition) is 3. The van der Waals surface area contributed by atoms with Crippen LogP contribution in [0.2, 0.25) is 10.0 Å². The zero-order valence-corrected chi connectivity index (χ0v) is 13.1. The molecule has 0 aliphatic heterocycles. The average Bonchev–Trinajstić information content (AvgIpc) is 2.73. The standard InChI is InChI=1S/C13H17Cl2NO2S/c1-2-19(17,18)6-5-16-13-4-3-10-11(13)7-9(14)8-12(10)15/h7-8,13,16H,2-6H2,1H3. The molecule has 0 fully saturated rings. The maximum Gasteiger partial charge on any atom is 0.151 e. The van der Waals surface area contributed by atoms with E-state index in [-0.39, 0.29) is 17.5 Å². The summed E-state index contributed by atoms with van der Waals surface area (Å²) in [4.78, 5) is 0. The molecule has 0 radical (unpaired) electrons. The van der Waals surface area contributed by atoms with Gasteiger partial charge in [-0.1, -0.05) is 30.1 Å². The van der Waals surface area contributed by atoms with Crippen molar-refractivity contribution in [3.8, 4) is 0 Å². The van der Waals surface area contributed by atoms with E-state index in [1.165, 1.54) is 0 Å². The highest BCUT2D eigenvalue weighted by molar-refractivity contribution is 7.91. The molecule has 1 aromatic rings. The molecule has 0 aromatic heterocycles. The highest BCUT2D eigenvalue weighted by Gasteiger charge is 2.24. The van der Waals surface area contributed by atoms with Crippen molar-refractivity contribution in [1.29, 1.82) is 0 Å². The third kappa shape index (κ3) is 3.63. The third-order valence-corrected chi connectivity index (χ3v) is 5.76. The van der Waals surface area contributed by atoms with Crippen molar-refractivity contribution in [3.05, 3.63) is 33.3 Å². The smallest absolute Gasteiger partial charge is 0.151 e. The Morgan fingerprint density at radius 2 is 2.11 bits per heavy atom. The minimum Gasteiger partial charge on any atom is -0.309 e. The number of benzene rings is 1. The van der Waals surface area contributed by atoms with Gasteiger partial charge in [0.15, 0.2) is 9.84 Å².